The van der Waals surface area contributed by atoms with Crippen LogP contribution >= 0.6 is 0 Å². The molecule has 0 aromatic heterocycles. The van der Waals surface area contributed by atoms with Gasteiger partial charge < -0.3 is 0 Å². The zero-order valence-corrected chi connectivity index (χ0v) is 9.92. The lowest BCUT2D eigenvalue weighted by atomic mass is 10.0. The molecule has 0 amide bonds. The highest BCUT2D eigenvalue weighted by Crippen LogP contribution is 2.13. The third kappa shape index (κ3) is 3.51. The molecule has 0 heterocycles. The molecular formula is C12H16O2S. The van der Waals surface area contributed by atoms with Crippen molar-refractivity contribution in [1.29, 1.82) is 0 Å². The maximum atomic E-state index is 11.2. The molecule has 0 saturated carbocycles. The van der Waals surface area contributed by atoms with Gasteiger partial charge in [-0.1, -0.05) is 25.1 Å². The summed E-state index contributed by atoms with van der Waals surface area (Å²) >= 11 is 0. The van der Waals surface area contributed by atoms with E-state index in [0.29, 0.717) is 10.8 Å². The molecule has 1 unspecified atom stereocenters. The summed E-state index contributed by atoms with van der Waals surface area (Å²) in [5, 5.41) is 0. The molecule has 0 saturated heterocycles. The Bertz CT molecular complexity index is 429. The average Bonchev–Trinajstić information content (AvgIpc) is 2.17. The molecule has 1 rings (SSSR count). The van der Waals surface area contributed by atoms with Crippen LogP contribution in [0.2, 0.25) is 0 Å². The van der Waals surface area contributed by atoms with Crippen molar-refractivity contribution < 1.29 is 8.42 Å². The van der Waals surface area contributed by atoms with E-state index in [1.165, 1.54) is 6.26 Å². The van der Waals surface area contributed by atoms with E-state index in [4.69, 9.17) is 0 Å². The normalized spacial score (nSPS) is 13.5. The highest BCUT2D eigenvalue weighted by molar-refractivity contribution is 7.90. The Morgan fingerprint density at radius 2 is 1.87 bits per heavy atom. The lowest BCUT2D eigenvalue weighted by Crippen LogP contribution is -1.99. The fraction of sp³-hybridized carbons (Fsp3) is 0.333. The Labute approximate surface area is 91.6 Å². The molecule has 1 aromatic carbocycles. The molecule has 3 heteroatoms. The molecule has 0 N–H and O–H groups in total. The Kier molecular flexibility index (Phi) is 3.69. The molecule has 0 spiro atoms. The molecule has 15 heavy (non-hydrogen) atoms. The van der Waals surface area contributed by atoms with Gasteiger partial charge >= 0.3 is 0 Å². The minimum atomic E-state index is -3.07. The van der Waals surface area contributed by atoms with Crippen LogP contribution in [0, 0.1) is 5.92 Å². The quantitative estimate of drug-likeness (QED) is 0.736. The number of hydrogen-bond donors (Lipinski definition) is 0. The molecule has 0 fully saturated rings. The second kappa shape index (κ2) is 4.62. The summed E-state index contributed by atoms with van der Waals surface area (Å²) in [4.78, 5) is 0.373. The van der Waals surface area contributed by atoms with Gasteiger partial charge in [0.2, 0.25) is 0 Å². The van der Waals surface area contributed by atoms with Crippen molar-refractivity contribution in [2.24, 2.45) is 5.92 Å². The first-order valence-corrected chi connectivity index (χ1v) is 6.74. The van der Waals surface area contributed by atoms with Gasteiger partial charge in [0.25, 0.3) is 0 Å². The van der Waals surface area contributed by atoms with Crippen molar-refractivity contribution >= 4 is 9.84 Å². The summed E-state index contributed by atoms with van der Waals surface area (Å²) in [7, 11) is -3.07. The van der Waals surface area contributed by atoms with Crippen molar-refractivity contribution in [1.82, 2.24) is 0 Å². The number of hydrogen-bond acceptors (Lipinski definition) is 2. The Hall–Kier alpha value is -1.09. The van der Waals surface area contributed by atoms with Crippen molar-refractivity contribution in [3.05, 3.63) is 42.5 Å². The molecular weight excluding hydrogens is 208 g/mol. The summed E-state index contributed by atoms with van der Waals surface area (Å²) in [6, 6.07) is 7.02. The number of allylic oxidation sites excluding steroid dienone is 1. The summed E-state index contributed by atoms with van der Waals surface area (Å²) in [5.74, 6) is 0.411. The first kappa shape index (κ1) is 12.0. The van der Waals surface area contributed by atoms with Gasteiger partial charge in [0, 0.05) is 6.26 Å². The van der Waals surface area contributed by atoms with Gasteiger partial charge in [0.15, 0.2) is 9.84 Å². The van der Waals surface area contributed by atoms with Crippen molar-refractivity contribution in [2.75, 3.05) is 6.26 Å². The number of rotatable bonds is 4. The molecule has 82 valence electrons. The lowest BCUT2D eigenvalue weighted by Gasteiger charge is -2.06. The van der Waals surface area contributed by atoms with Gasteiger partial charge in [-0.15, -0.1) is 6.58 Å². The first-order valence-electron chi connectivity index (χ1n) is 4.85. The SMILES string of the molecule is C=CC(C)Cc1ccc(S(C)(=O)=O)cc1. The van der Waals surface area contributed by atoms with Crippen LogP contribution in [0.25, 0.3) is 0 Å². The Balaban J connectivity index is 2.86. The van der Waals surface area contributed by atoms with Crippen LogP contribution in [0.4, 0.5) is 0 Å². The van der Waals surface area contributed by atoms with E-state index in [1.54, 1.807) is 12.1 Å². The Morgan fingerprint density at radius 3 is 2.27 bits per heavy atom. The fourth-order valence-corrected chi connectivity index (χ4v) is 1.96. The standard InChI is InChI=1S/C12H16O2S/c1-4-10(2)9-11-5-7-12(8-6-11)15(3,13)14/h4-8,10H,1,9H2,2-3H3. The van der Waals surface area contributed by atoms with Gasteiger partial charge in [-0.25, -0.2) is 8.42 Å². The smallest absolute Gasteiger partial charge is 0.175 e. The van der Waals surface area contributed by atoms with Crippen molar-refractivity contribution in [3.8, 4) is 0 Å². The van der Waals surface area contributed by atoms with E-state index >= 15 is 0 Å². The monoisotopic (exact) mass is 224 g/mol. The molecule has 0 aliphatic heterocycles. The van der Waals surface area contributed by atoms with Gasteiger partial charge in [0.05, 0.1) is 4.90 Å². The second-order valence-corrected chi connectivity index (χ2v) is 5.85. The minimum absolute atomic E-state index is 0.373. The minimum Gasteiger partial charge on any atom is -0.224 e. The molecule has 0 bridgehead atoms. The predicted octanol–water partition coefficient (Wildman–Crippen LogP) is 2.45. The van der Waals surface area contributed by atoms with Gasteiger partial charge in [-0.3, -0.25) is 0 Å². The van der Waals surface area contributed by atoms with E-state index in [9.17, 15) is 8.42 Å². The van der Waals surface area contributed by atoms with Crippen LogP contribution in [-0.4, -0.2) is 14.7 Å². The highest BCUT2D eigenvalue weighted by Gasteiger charge is 2.06. The van der Waals surface area contributed by atoms with Crippen LogP contribution < -0.4 is 0 Å². The van der Waals surface area contributed by atoms with Crippen LogP contribution in [0.5, 0.6) is 0 Å². The topological polar surface area (TPSA) is 34.1 Å². The van der Waals surface area contributed by atoms with Crippen molar-refractivity contribution in [3.63, 3.8) is 0 Å². The van der Waals surface area contributed by atoms with E-state index in [2.05, 4.69) is 13.5 Å². The zero-order valence-electron chi connectivity index (χ0n) is 9.10. The summed E-state index contributed by atoms with van der Waals surface area (Å²) in [6.07, 6.45) is 4.01. The van der Waals surface area contributed by atoms with E-state index < -0.39 is 9.84 Å². The second-order valence-electron chi connectivity index (χ2n) is 3.83. The third-order valence-corrected chi connectivity index (χ3v) is 3.44. The van der Waals surface area contributed by atoms with Crippen LogP contribution in [-0.2, 0) is 16.3 Å². The van der Waals surface area contributed by atoms with Gasteiger partial charge in [-0.2, -0.15) is 0 Å². The van der Waals surface area contributed by atoms with E-state index in [-0.39, 0.29) is 0 Å². The molecule has 1 aromatic rings. The number of benzene rings is 1. The van der Waals surface area contributed by atoms with Gasteiger partial charge in [-0.05, 0) is 30.0 Å². The third-order valence-electron chi connectivity index (χ3n) is 2.31. The number of sulfone groups is 1. The van der Waals surface area contributed by atoms with E-state index in [1.807, 2.05) is 18.2 Å². The first-order chi connectivity index (χ1) is 6.93. The summed E-state index contributed by atoms with van der Waals surface area (Å²) < 4.78 is 22.4. The molecule has 0 aliphatic rings. The van der Waals surface area contributed by atoms with Crippen LogP contribution in [0.1, 0.15) is 12.5 Å². The molecule has 0 radical (unpaired) electrons. The van der Waals surface area contributed by atoms with Crippen LogP contribution in [0.3, 0.4) is 0 Å². The lowest BCUT2D eigenvalue weighted by molar-refractivity contribution is 0.602. The van der Waals surface area contributed by atoms with Crippen molar-refractivity contribution in [2.45, 2.75) is 18.2 Å². The van der Waals surface area contributed by atoms with E-state index in [0.717, 1.165) is 12.0 Å². The maximum absolute atomic E-state index is 11.2. The summed E-state index contributed by atoms with van der Waals surface area (Å²) in [5.41, 5.74) is 1.13. The molecule has 0 aliphatic carbocycles. The zero-order chi connectivity index (χ0) is 11.5. The highest BCUT2D eigenvalue weighted by atomic mass is 32.2. The molecule has 2 nitrogen and oxygen atoms in total. The Morgan fingerprint density at radius 1 is 1.33 bits per heavy atom. The summed E-state index contributed by atoms with van der Waals surface area (Å²) in [6.45, 7) is 5.80. The molecule has 1 atom stereocenters. The van der Waals surface area contributed by atoms with Gasteiger partial charge in [0.1, 0.15) is 0 Å². The largest absolute Gasteiger partial charge is 0.224 e. The maximum Gasteiger partial charge on any atom is 0.175 e. The average molecular weight is 224 g/mol. The fourth-order valence-electron chi connectivity index (χ4n) is 1.33. The predicted molar refractivity (Wildman–Crippen MR) is 62.6 cm³/mol. The van der Waals surface area contributed by atoms with Crippen LogP contribution in [0.15, 0.2) is 41.8 Å².